The van der Waals surface area contributed by atoms with Gasteiger partial charge in [-0.1, -0.05) is 32.1 Å². The molecule has 0 heterocycles. The van der Waals surface area contributed by atoms with Crippen LogP contribution in [0.5, 0.6) is 11.5 Å². The summed E-state index contributed by atoms with van der Waals surface area (Å²) in [4.78, 5) is 11.4. The van der Waals surface area contributed by atoms with Crippen LogP contribution in [0.3, 0.4) is 0 Å². The SMILES string of the molecule is CCOC(=O)C=C(C)COc1ccc(C=CC(C)C)cc1OC. The minimum Gasteiger partial charge on any atom is -0.493 e. The van der Waals surface area contributed by atoms with Gasteiger partial charge in [-0.15, -0.1) is 0 Å². The Morgan fingerprint density at radius 2 is 2.00 bits per heavy atom. The second-order valence-electron chi connectivity index (χ2n) is 5.54. The minimum atomic E-state index is -0.352. The predicted molar refractivity (Wildman–Crippen MR) is 92.8 cm³/mol. The molecule has 1 rings (SSSR count). The summed E-state index contributed by atoms with van der Waals surface area (Å²) in [5.74, 6) is 1.45. The molecule has 0 spiro atoms. The smallest absolute Gasteiger partial charge is 0.330 e. The van der Waals surface area contributed by atoms with E-state index in [-0.39, 0.29) is 5.97 Å². The second kappa shape index (κ2) is 9.72. The fourth-order valence-corrected chi connectivity index (χ4v) is 1.83. The molecule has 0 fully saturated rings. The third-order valence-corrected chi connectivity index (χ3v) is 2.97. The predicted octanol–water partition coefficient (Wildman–Crippen LogP) is 4.25. The summed E-state index contributed by atoms with van der Waals surface area (Å²) in [6, 6.07) is 5.77. The quantitative estimate of drug-likeness (QED) is 0.531. The molecule has 1 aromatic rings. The molecule has 0 saturated carbocycles. The normalized spacial score (nSPS) is 11.8. The Labute approximate surface area is 138 Å². The number of hydrogen-bond donors (Lipinski definition) is 0. The molecule has 0 aliphatic rings. The highest BCUT2D eigenvalue weighted by atomic mass is 16.5. The number of carbonyl (C=O) groups is 1. The molecule has 0 saturated heterocycles. The van der Waals surface area contributed by atoms with Gasteiger partial charge in [-0.2, -0.15) is 0 Å². The van der Waals surface area contributed by atoms with Crippen LogP contribution in [0.2, 0.25) is 0 Å². The standard InChI is InChI=1S/C19H26O4/c1-6-22-19(20)11-15(4)13-23-17-10-9-16(8-7-14(2)3)12-18(17)21-5/h7-12,14H,6,13H2,1-5H3. The molecule has 1 aromatic carbocycles. The fourth-order valence-electron chi connectivity index (χ4n) is 1.83. The Morgan fingerprint density at radius 3 is 2.61 bits per heavy atom. The van der Waals surface area contributed by atoms with Crippen LogP contribution in [0.4, 0.5) is 0 Å². The topological polar surface area (TPSA) is 44.8 Å². The first-order valence-corrected chi connectivity index (χ1v) is 7.79. The van der Waals surface area contributed by atoms with E-state index < -0.39 is 0 Å². The zero-order chi connectivity index (χ0) is 17.2. The number of esters is 1. The largest absolute Gasteiger partial charge is 0.493 e. The molecule has 0 aromatic heterocycles. The van der Waals surface area contributed by atoms with Crippen molar-refractivity contribution in [2.75, 3.05) is 20.3 Å². The van der Waals surface area contributed by atoms with Crippen molar-refractivity contribution in [2.24, 2.45) is 5.92 Å². The minimum absolute atomic E-state index is 0.302. The van der Waals surface area contributed by atoms with Gasteiger partial charge in [-0.25, -0.2) is 4.79 Å². The fraction of sp³-hybridized carbons (Fsp3) is 0.421. The lowest BCUT2D eigenvalue weighted by atomic mass is 10.1. The van der Waals surface area contributed by atoms with Crippen molar-refractivity contribution < 1.29 is 19.0 Å². The van der Waals surface area contributed by atoms with Gasteiger partial charge in [0.25, 0.3) is 0 Å². The van der Waals surface area contributed by atoms with Crippen molar-refractivity contribution in [3.8, 4) is 11.5 Å². The summed E-state index contributed by atoms with van der Waals surface area (Å²) in [7, 11) is 1.61. The van der Waals surface area contributed by atoms with Gasteiger partial charge in [-0.05, 0) is 43.0 Å². The molecule has 0 unspecified atom stereocenters. The zero-order valence-corrected chi connectivity index (χ0v) is 14.6. The van der Waals surface area contributed by atoms with Crippen molar-refractivity contribution in [3.05, 3.63) is 41.5 Å². The maximum absolute atomic E-state index is 11.4. The number of benzene rings is 1. The number of allylic oxidation sites excluding steroid dienone is 1. The van der Waals surface area contributed by atoms with Gasteiger partial charge in [0.15, 0.2) is 11.5 Å². The van der Waals surface area contributed by atoms with Crippen molar-refractivity contribution >= 4 is 12.0 Å². The van der Waals surface area contributed by atoms with Crippen LogP contribution in [0.1, 0.15) is 33.3 Å². The molecule has 4 heteroatoms. The highest BCUT2D eigenvalue weighted by Gasteiger charge is 2.06. The van der Waals surface area contributed by atoms with Crippen molar-refractivity contribution in [1.82, 2.24) is 0 Å². The highest BCUT2D eigenvalue weighted by Crippen LogP contribution is 2.29. The Bertz CT molecular complexity index is 571. The van der Waals surface area contributed by atoms with E-state index in [2.05, 4.69) is 26.0 Å². The maximum Gasteiger partial charge on any atom is 0.330 e. The van der Waals surface area contributed by atoms with E-state index in [0.29, 0.717) is 30.6 Å². The van der Waals surface area contributed by atoms with Gasteiger partial charge in [0.1, 0.15) is 6.61 Å². The maximum atomic E-state index is 11.4. The molecule has 0 aliphatic heterocycles. The van der Waals surface area contributed by atoms with Crippen LogP contribution < -0.4 is 9.47 Å². The number of rotatable bonds is 8. The zero-order valence-electron chi connectivity index (χ0n) is 14.6. The van der Waals surface area contributed by atoms with Gasteiger partial charge < -0.3 is 14.2 Å². The number of methoxy groups -OCH3 is 1. The summed E-state index contributed by atoms with van der Waals surface area (Å²) in [6.07, 6.45) is 5.63. The lowest BCUT2D eigenvalue weighted by molar-refractivity contribution is -0.137. The van der Waals surface area contributed by atoms with Gasteiger partial charge in [0.2, 0.25) is 0 Å². The molecule has 126 valence electrons. The molecule has 0 N–H and O–H groups in total. The van der Waals surface area contributed by atoms with Gasteiger partial charge in [0.05, 0.1) is 13.7 Å². The van der Waals surface area contributed by atoms with E-state index in [1.54, 1.807) is 14.0 Å². The van der Waals surface area contributed by atoms with Crippen molar-refractivity contribution in [2.45, 2.75) is 27.7 Å². The van der Waals surface area contributed by atoms with Gasteiger partial charge in [-0.3, -0.25) is 0 Å². The summed E-state index contributed by atoms with van der Waals surface area (Å²) < 4.78 is 16.0. The highest BCUT2D eigenvalue weighted by molar-refractivity contribution is 5.82. The third-order valence-electron chi connectivity index (χ3n) is 2.97. The third kappa shape index (κ3) is 7.04. The van der Waals surface area contributed by atoms with Crippen LogP contribution in [0, 0.1) is 5.92 Å². The Kier molecular flexibility index (Phi) is 7.95. The van der Waals surface area contributed by atoms with Crippen LogP contribution in [-0.4, -0.2) is 26.3 Å². The first-order chi connectivity index (χ1) is 11.0. The molecule has 0 atom stereocenters. The molecule has 0 amide bonds. The van der Waals surface area contributed by atoms with Crippen molar-refractivity contribution in [1.29, 1.82) is 0 Å². The van der Waals surface area contributed by atoms with E-state index >= 15 is 0 Å². The summed E-state index contributed by atoms with van der Waals surface area (Å²) >= 11 is 0. The Hall–Kier alpha value is -2.23. The van der Waals surface area contributed by atoms with E-state index in [4.69, 9.17) is 14.2 Å². The number of ether oxygens (including phenoxy) is 3. The molecule has 0 aliphatic carbocycles. The average molecular weight is 318 g/mol. The Morgan fingerprint density at radius 1 is 1.26 bits per heavy atom. The molecule has 4 nitrogen and oxygen atoms in total. The van der Waals surface area contributed by atoms with E-state index in [9.17, 15) is 4.79 Å². The molecule has 0 radical (unpaired) electrons. The number of hydrogen-bond acceptors (Lipinski definition) is 4. The first-order valence-electron chi connectivity index (χ1n) is 7.79. The van der Waals surface area contributed by atoms with Crippen LogP contribution >= 0.6 is 0 Å². The van der Waals surface area contributed by atoms with Gasteiger partial charge >= 0.3 is 5.97 Å². The van der Waals surface area contributed by atoms with E-state index in [0.717, 1.165) is 11.1 Å². The lowest BCUT2D eigenvalue weighted by Gasteiger charge is -2.11. The molecule has 23 heavy (non-hydrogen) atoms. The average Bonchev–Trinajstić information content (AvgIpc) is 2.51. The second-order valence-corrected chi connectivity index (χ2v) is 5.54. The summed E-state index contributed by atoms with van der Waals surface area (Å²) in [6.45, 7) is 8.52. The lowest BCUT2D eigenvalue weighted by Crippen LogP contribution is -2.05. The monoisotopic (exact) mass is 318 g/mol. The van der Waals surface area contributed by atoms with E-state index in [1.165, 1.54) is 6.08 Å². The van der Waals surface area contributed by atoms with Crippen LogP contribution in [0.15, 0.2) is 35.9 Å². The van der Waals surface area contributed by atoms with Crippen molar-refractivity contribution in [3.63, 3.8) is 0 Å². The molecule has 0 bridgehead atoms. The molecular formula is C19H26O4. The number of carbonyl (C=O) groups excluding carboxylic acids is 1. The summed E-state index contributed by atoms with van der Waals surface area (Å²) in [5.41, 5.74) is 1.84. The van der Waals surface area contributed by atoms with Gasteiger partial charge in [0, 0.05) is 6.08 Å². The van der Waals surface area contributed by atoms with Crippen LogP contribution in [0.25, 0.3) is 6.08 Å². The first kappa shape index (κ1) is 18.8. The van der Waals surface area contributed by atoms with Crippen LogP contribution in [-0.2, 0) is 9.53 Å². The van der Waals surface area contributed by atoms with E-state index in [1.807, 2.05) is 25.1 Å². The Balaban J connectivity index is 2.75. The molecular weight excluding hydrogens is 292 g/mol. The summed E-state index contributed by atoms with van der Waals surface area (Å²) in [5, 5.41) is 0.